The number of nitrogens with two attached hydrogens (primary N) is 1. The lowest BCUT2D eigenvalue weighted by Crippen LogP contribution is -2.28. The van der Waals surface area contributed by atoms with Gasteiger partial charge in [-0.1, -0.05) is 42.5 Å². The zero-order chi connectivity index (χ0) is 16.8. The van der Waals surface area contributed by atoms with Crippen LogP contribution in [0, 0.1) is 0 Å². The van der Waals surface area contributed by atoms with Gasteiger partial charge in [0.1, 0.15) is 6.10 Å². The Morgan fingerprint density at radius 1 is 1.22 bits per heavy atom. The number of aliphatic hydroxyl groups excluding tert-OH is 1. The van der Waals surface area contributed by atoms with Crippen molar-refractivity contribution in [2.45, 2.75) is 43.8 Å². The van der Waals surface area contributed by atoms with Crippen molar-refractivity contribution in [2.75, 3.05) is 0 Å². The van der Waals surface area contributed by atoms with E-state index in [0.717, 1.165) is 16.3 Å². The number of aliphatic hydroxyl groups is 1. The third kappa shape index (κ3) is 5.73. The van der Waals surface area contributed by atoms with Crippen molar-refractivity contribution < 1.29 is 14.6 Å². The predicted molar refractivity (Wildman–Crippen MR) is 92.7 cm³/mol. The van der Waals surface area contributed by atoms with Crippen LogP contribution >= 0.6 is 11.6 Å². The smallest absolute Gasteiger partial charge is 0.404 e. The molecule has 0 spiro atoms. The minimum atomic E-state index is -0.809. The van der Waals surface area contributed by atoms with Gasteiger partial charge in [-0.05, 0) is 29.7 Å². The zero-order valence-electron chi connectivity index (χ0n) is 13.1. The van der Waals surface area contributed by atoms with E-state index in [1.807, 2.05) is 36.4 Å². The van der Waals surface area contributed by atoms with E-state index in [9.17, 15) is 9.90 Å². The molecule has 3 N–H and O–H groups in total. The molecule has 23 heavy (non-hydrogen) atoms. The van der Waals surface area contributed by atoms with E-state index in [1.54, 1.807) is 6.92 Å². The third-order valence-electron chi connectivity index (χ3n) is 3.68. The molecule has 0 fully saturated rings. The molecule has 0 saturated carbocycles. The standard InChI is InChI=1S/C18H22ClNO3/c1-12(21)8-16(19)11-17(23-18(20)22)10-13-6-7-14-4-2-3-5-15(14)9-13/h2-7,9,12,16-17,21H,8,10-11H2,1H3,(H2,20,22)/t12-,16?,17-/m0/s1. The van der Waals surface area contributed by atoms with Gasteiger partial charge in [0.15, 0.2) is 0 Å². The Labute approximate surface area is 141 Å². The quantitative estimate of drug-likeness (QED) is 0.759. The van der Waals surface area contributed by atoms with Gasteiger partial charge in [0.2, 0.25) is 0 Å². The normalized spacial score (nSPS) is 15.1. The van der Waals surface area contributed by atoms with Gasteiger partial charge in [-0.25, -0.2) is 4.79 Å². The highest BCUT2D eigenvalue weighted by atomic mass is 35.5. The van der Waals surface area contributed by atoms with Crippen molar-refractivity contribution in [2.24, 2.45) is 5.73 Å². The number of rotatable bonds is 7. The molecule has 0 heterocycles. The molecule has 0 radical (unpaired) electrons. The summed E-state index contributed by atoms with van der Waals surface area (Å²) in [5.41, 5.74) is 6.21. The number of fused-ring (bicyclic) bond motifs is 1. The second kappa shape index (κ2) is 8.18. The molecule has 1 unspecified atom stereocenters. The number of hydrogen-bond acceptors (Lipinski definition) is 3. The second-order valence-corrected chi connectivity index (χ2v) is 6.48. The highest BCUT2D eigenvalue weighted by Gasteiger charge is 2.20. The largest absolute Gasteiger partial charge is 0.446 e. The van der Waals surface area contributed by atoms with Crippen LogP contribution in [0.5, 0.6) is 0 Å². The summed E-state index contributed by atoms with van der Waals surface area (Å²) in [5, 5.41) is 11.4. The minimum Gasteiger partial charge on any atom is -0.446 e. The van der Waals surface area contributed by atoms with Crippen molar-refractivity contribution in [3.05, 3.63) is 48.0 Å². The Hall–Kier alpha value is -1.78. The van der Waals surface area contributed by atoms with Gasteiger partial charge in [-0.15, -0.1) is 11.6 Å². The van der Waals surface area contributed by atoms with Gasteiger partial charge >= 0.3 is 6.09 Å². The first-order valence-electron chi connectivity index (χ1n) is 7.70. The molecular weight excluding hydrogens is 314 g/mol. The number of hydrogen-bond donors (Lipinski definition) is 2. The topological polar surface area (TPSA) is 72.6 Å². The number of benzene rings is 2. The summed E-state index contributed by atoms with van der Waals surface area (Å²) >= 11 is 6.22. The van der Waals surface area contributed by atoms with Crippen LogP contribution in [0.3, 0.4) is 0 Å². The molecule has 0 aromatic heterocycles. The average molecular weight is 336 g/mol. The molecule has 2 rings (SSSR count). The molecule has 0 saturated heterocycles. The molecule has 124 valence electrons. The van der Waals surface area contributed by atoms with E-state index in [-0.39, 0.29) is 5.38 Å². The molecule has 0 aliphatic rings. The Bertz CT molecular complexity index is 660. The minimum absolute atomic E-state index is 0.278. The number of alkyl halides is 1. The first-order chi connectivity index (χ1) is 10.9. The van der Waals surface area contributed by atoms with Crippen molar-refractivity contribution in [3.63, 3.8) is 0 Å². The van der Waals surface area contributed by atoms with Crippen molar-refractivity contribution in [1.29, 1.82) is 0 Å². The first kappa shape index (κ1) is 17.6. The summed E-state index contributed by atoms with van der Waals surface area (Å²) in [6, 6.07) is 14.2. The molecular formula is C18H22ClNO3. The van der Waals surface area contributed by atoms with Gasteiger partial charge in [0, 0.05) is 18.2 Å². The second-order valence-electron chi connectivity index (χ2n) is 5.86. The highest BCUT2D eigenvalue weighted by molar-refractivity contribution is 6.20. The van der Waals surface area contributed by atoms with Gasteiger partial charge in [0.25, 0.3) is 0 Å². The molecule has 0 aliphatic heterocycles. The lowest BCUT2D eigenvalue weighted by Gasteiger charge is -2.20. The average Bonchev–Trinajstić information content (AvgIpc) is 2.45. The SMILES string of the molecule is C[C@H](O)CC(Cl)C[C@H](Cc1ccc2ccccc2c1)OC(N)=O. The molecule has 4 nitrogen and oxygen atoms in total. The van der Waals surface area contributed by atoms with Crippen LogP contribution in [0.1, 0.15) is 25.3 Å². The van der Waals surface area contributed by atoms with Crippen LogP contribution in [0.4, 0.5) is 4.79 Å². The Morgan fingerprint density at radius 3 is 2.57 bits per heavy atom. The summed E-state index contributed by atoms with van der Waals surface area (Å²) in [6.45, 7) is 1.68. The fourth-order valence-corrected chi connectivity index (χ4v) is 3.17. The molecule has 2 aromatic carbocycles. The fraction of sp³-hybridized carbons (Fsp3) is 0.389. The summed E-state index contributed by atoms with van der Waals surface area (Å²) in [5.74, 6) is 0. The number of carbonyl (C=O) groups is 1. The Kier molecular flexibility index (Phi) is 6.25. The monoisotopic (exact) mass is 335 g/mol. The highest BCUT2D eigenvalue weighted by Crippen LogP contribution is 2.21. The van der Waals surface area contributed by atoms with E-state index in [0.29, 0.717) is 19.3 Å². The summed E-state index contributed by atoms with van der Waals surface area (Å²) < 4.78 is 5.19. The maximum atomic E-state index is 11.1. The Balaban J connectivity index is 2.10. The fourth-order valence-electron chi connectivity index (χ4n) is 2.72. The number of ether oxygens (including phenoxy) is 1. The number of primary amides is 1. The first-order valence-corrected chi connectivity index (χ1v) is 8.13. The molecule has 0 bridgehead atoms. The van der Waals surface area contributed by atoms with E-state index >= 15 is 0 Å². The van der Waals surface area contributed by atoms with Crippen LogP contribution in [0.15, 0.2) is 42.5 Å². The lowest BCUT2D eigenvalue weighted by molar-refractivity contribution is 0.0964. The van der Waals surface area contributed by atoms with Gasteiger partial charge < -0.3 is 15.6 Å². The number of carbonyl (C=O) groups excluding carboxylic acids is 1. The van der Waals surface area contributed by atoms with Gasteiger partial charge in [-0.2, -0.15) is 0 Å². The maximum Gasteiger partial charge on any atom is 0.404 e. The van der Waals surface area contributed by atoms with E-state index < -0.39 is 18.3 Å². The van der Waals surface area contributed by atoms with E-state index in [1.165, 1.54) is 0 Å². The molecule has 3 atom stereocenters. The van der Waals surface area contributed by atoms with E-state index in [4.69, 9.17) is 22.1 Å². The van der Waals surface area contributed by atoms with Gasteiger partial charge in [-0.3, -0.25) is 0 Å². The molecule has 5 heteroatoms. The lowest BCUT2D eigenvalue weighted by atomic mass is 9.99. The van der Waals surface area contributed by atoms with Crippen LogP contribution in [0.2, 0.25) is 0 Å². The Morgan fingerprint density at radius 2 is 1.91 bits per heavy atom. The number of amides is 1. The molecule has 0 aliphatic carbocycles. The third-order valence-corrected chi connectivity index (χ3v) is 4.03. The van der Waals surface area contributed by atoms with Crippen molar-refractivity contribution >= 4 is 28.5 Å². The van der Waals surface area contributed by atoms with Crippen LogP contribution in [-0.4, -0.2) is 28.8 Å². The molecule has 2 aromatic rings. The summed E-state index contributed by atoms with van der Waals surface area (Å²) in [7, 11) is 0. The van der Waals surface area contributed by atoms with Crippen LogP contribution in [0.25, 0.3) is 10.8 Å². The van der Waals surface area contributed by atoms with Crippen LogP contribution < -0.4 is 5.73 Å². The maximum absolute atomic E-state index is 11.1. The van der Waals surface area contributed by atoms with Crippen molar-refractivity contribution in [1.82, 2.24) is 0 Å². The zero-order valence-corrected chi connectivity index (χ0v) is 13.9. The number of halogens is 1. The van der Waals surface area contributed by atoms with Crippen molar-refractivity contribution in [3.8, 4) is 0 Å². The molecule has 1 amide bonds. The van der Waals surface area contributed by atoms with Crippen LogP contribution in [-0.2, 0) is 11.2 Å². The van der Waals surface area contributed by atoms with Gasteiger partial charge in [0.05, 0.1) is 6.10 Å². The summed E-state index contributed by atoms with van der Waals surface area (Å²) in [4.78, 5) is 11.1. The summed E-state index contributed by atoms with van der Waals surface area (Å²) in [6.07, 6.45) is -0.282. The van der Waals surface area contributed by atoms with E-state index in [2.05, 4.69) is 6.07 Å². The predicted octanol–water partition coefficient (Wildman–Crippen LogP) is 3.61.